The number of ether oxygens (including phenoxy) is 1. The van der Waals surface area contributed by atoms with Gasteiger partial charge in [0.15, 0.2) is 0 Å². The topological polar surface area (TPSA) is 218 Å². The first-order valence-corrected chi connectivity index (χ1v) is 30.6. The number of nitrogens with zero attached hydrogens (tertiary/aromatic N) is 13. The lowest BCUT2D eigenvalue weighted by Crippen LogP contribution is -2.71. The molecule has 4 fully saturated rings. The molecule has 3 amide bonds. The molecule has 2 unspecified atom stereocenters. The molecule has 460 valence electrons. The van der Waals surface area contributed by atoms with E-state index >= 15 is 0 Å². The van der Waals surface area contributed by atoms with E-state index in [2.05, 4.69) is 81.7 Å². The summed E-state index contributed by atoms with van der Waals surface area (Å²) >= 11 is 0. The van der Waals surface area contributed by atoms with E-state index in [0.29, 0.717) is 58.9 Å². The van der Waals surface area contributed by atoms with Crippen LogP contribution in [0.1, 0.15) is 78.1 Å². The first-order chi connectivity index (χ1) is 42.8. The summed E-state index contributed by atoms with van der Waals surface area (Å²) in [5.41, 5.74) is 10.0. The van der Waals surface area contributed by atoms with Crippen LogP contribution in [-0.4, -0.2) is 155 Å². The van der Waals surface area contributed by atoms with Gasteiger partial charge in [-0.05, 0) is 121 Å². The minimum absolute atomic E-state index is 0.0565. The first-order valence-electron chi connectivity index (χ1n) is 30.6. The molecular formula is C67H76N16O6. The monoisotopic (exact) mass is 1200 g/mol. The van der Waals surface area contributed by atoms with Gasteiger partial charge in [-0.3, -0.25) is 32.8 Å². The summed E-state index contributed by atoms with van der Waals surface area (Å²) in [7, 11) is 4.31. The number of benzene rings is 4. The molecule has 6 aliphatic heterocycles. The maximum Gasteiger partial charge on any atom is 0.410 e. The molecule has 10 heterocycles. The maximum atomic E-state index is 14.2. The lowest BCUT2D eigenvalue weighted by atomic mass is 9.73. The average Bonchev–Trinajstić information content (AvgIpc) is 1.68. The second-order valence-corrected chi connectivity index (χ2v) is 26.2. The van der Waals surface area contributed by atoms with Crippen LogP contribution in [0.5, 0.6) is 0 Å². The quantitative estimate of drug-likeness (QED) is 0.124. The Kier molecular flexibility index (Phi) is 15.4. The molecule has 0 saturated carbocycles. The molecule has 2 atom stereocenters. The summed E-state index contributed by atoms with van der Waals surface area (Å²) in [5, 5.41) is 9.57. The molecule has 6 aliphatic rings. The predicted octanol–water partition coefficient (Wildman–Crippen LogP) is 6.19. The van der Waals surface area contributed by atoms with Gasteiger partial charge >= 0.3 is 17.5 Å². The van der Waals surface area contributed by atoms with E-state index in [9.17, 15) is 24.0 Å². The zero-order chi connectivity index (χ0) is 61.9. The van der Waals surface area contributed by atoms with E-state index in [4.69, 9.17) is 4.74 Å². The molecule has 8 aromatic rings. The van der Waals surface area contributed by atoms with E-state index < -0.39 is 17.6 Å². The van der Waals surface area contributed by atoms with Crippen LogP contribution in [0.2, 0.25) is 0 Å². The van der Waals surface area contributed by atoms with Crippen molar-refractivity contribution in [3.8, 4) is 33.9 Å². The summed E-state index contributed by atoms with van der Waals surface area (Å²) in [6.45, 7) is 19.8. The zero-order valence-electron chi connectivity index (χ0n) is 51.5. The van der Waals surface area contributed by atoms with Crippen LogP contribution in [0.15, 0.2) is 144 Å². The van der Waals surface area contributed by atoms with E-state index in [1.807, 2.05) is 132 Å². The van der Waals surface area contributed by atoms with Gasteiger partial charge in [0.1, 0.15) is 29.6 Å². The Bertz CT molecular complexity index is 4070. The van der Waals surface area contributed by atoms with Gasteiger partial charge in [-0.25, -0.2) is 34.3 Å². The normalized spacial score (nSPS) is 18.9. The Labute approximate surface area is 516 Å². The van der Waals surface area contributed by atoms with Gasteiger partial charge in [0.05, 0.1) is 46.7 Å². The molecule has 2 spiro atoms. The van der Waals surface area contributed by atoms with E-state index in [1.54, 1.807) is 31.0 Å². The number of fused-ring (bicyclic) bond motifs is 2. The highest BCUT2D eigenvalue weighted by molar-refractivity contribution is 5.95. The molecule has 4 aromatic heterocycles. The smallest absolute Gasteiger partial charge is 0.410 e. The van der Waals surface area contributed by atoms with Gasteiger partial charge in [0.2, 0.25) is 0 Å². The van der Waals surface area contributed by atoms with Crippen molar-refractivity contribution in [2.45, 2.75) is 91.6 Å². The summed E-state index contributed by atoms with van der Waals surface area (Å²) in [5.74, 6) is -0.701. The molecule has 89 heavy (non-hydrogen) atoms. The highest BCUT2D eigenvalue weighted by Crippen LogP contribution is 2.43. The number of nitrogens with one attached hydrogen (secondary N) is 3. The molecule has 14 rings (SSSR count). The van der Waals surface area contributed by atoms with Crippen molar-refractivity contribution in [2.24, 2.45) is 10.8 Å². The van der Waals surface area contributed by atoms with E-state index in [-0.39, 0.29) is 54.7 Å². The number of carbonyl (C=O) groups is 3. The number of amides is 3. The predicted molar refractivity (Wildman–Crippen MR) is 339 cm³/mol. The zero-order valence-corrected chi connectivity index (χ0v) is 51.5. The molecule has 22 nitrogen and oxygen atoms in total. The third-order valence-corrected chi connectivity index (χ3v) is 18.0. The number of hydrogen-bond acceptors (Lipinski definition) is 15. The van der Waals surface area contributed by atoms with Crippen molar-refractivity contribution in [3.05, 3.63) is 189 Å². The molecule has 3 N–H and O–H groups in total. The molecule has 0 radical (unpaired) electrons. The summed E-state index contributed by atoms with van der Waals surface area (Å²) in [4.78, 5) is 97.1. The van der Waals surface area contributed by atoms with Crippen LogP contribution in [0.4, 0.5) is 16.2 Å². The van der Waals surface area contributed by atoms with Gasteiger partial charge < -0.3 is 40.3 Å². The summed E-state index contributed by atoms with van der Waals surface area (Å²) < 4.78 is 12.1. The minimum Gasteiger partial charge on any atom is -0.444 e. The summed E-state index contributed by atoms with van der Waals surface area (Å²) in [6.07, 6.45) is 5.90. The van der Waals surface area contributed by atoms with Gasteiger partial charge in [0.25, 0.3) is 11.8 Å². The minimum atomic E-state index is -0.691. The maximum absolute atomic E-state index is 14.2. The third kappa shape index (κ3) is 11.5. The van der Waals surface area contributed by atoms with Crippen molar-refractivity contribution in [1.29, 1.82) is 0 Å². The standard InChI is InChI=1S/C36H42N8O4.C31H34N8O2/c1-24-17-43-30(18-42(24)34(47)48-35(2,3)4)31(32(45)38-16-25-8-6-7-9-28(25)29-14-15-37-23-39-29)44(33(43)46)27-12-10-26(11-13-27)41-21-36(22-41)19-40(5)20-36;1-21-15-38-27(14-33-21)28(29(40)34-13-22-5-3-4-6-25(22)26-11-12-32-20-35-26)39(30(38)41)24-9-7-23(8-10-24)37-18-31(19-37)16-36(2)17-31/h6-15,23-24H,16-22H2,1-5H3,(H,38,45);3-12,20-21,33H,13-19H2,1-2H3,(H,34,40). The van der Waals surface area contributed by atoms with Crippen LogP contribution in [0, 0.1) is 10.8 Å². The number of aromatic nitrogens is 8. The molecule has 0 aliphatic carbocycles. The average molecular weight is 1200 g/mol. The van der Waals surface area contributed by atoms with Crippen molar-refractivity contribution in [1.82, 2.24) is 68.9 Å². The second-order valence-electron chi connectivity index (χ2n) is 26.2. The number of likely N-dealkylation sites (tertiary alicyclic amines) is 2. The van der Waals surface area contributed by atoms with Crippen LogP contribution < -0.4 is 37.1 Å². The highest BCUT2D eigenvalue weighted by atomic mass is 16.6. The third-order valence-electron chi connectivity index (χ3n) is 18.0. The number of imidazole rings is 2. The number of anilines is 2. The van der Waals surface area contributed by atoms with Crippen LogP contribution >= 0.6 is 0 Å². The fraction of sp³-hybridized carbons (Fsp3) is 0.388. The van der Waals surface area contributed by atoms with E-state index in [0.717, 1.165) is 97.4 Å². The molecule has 4 aromatic carbocycles. The number of hydrogen-bond donors (Lipinski definition) is 3. The van der Waals surface area contributed by atoms with Crippen LogP contribution in [0.25, 0.3) is 33.9 Å². The van der Waals surface area contributed by atoms with Crippen LogP contribution in [0.3, 0.4) is 0 Å². The Balaban J connectivity index is 0.000000166. The number of rotatable bonds is 12. The first kappa shape index (κ1) is 58.8. The number of carbonyl (C=O) groups excluding carboxylic acids is 3. The lowest BCUT2D eigenvalue weighted by Gasteiger charge is -2.60. The van der Waals surface area contributed by atoms with Crippen molar-refractivity contribution >= 4 is 29.3 Å². The SMILES string of the molecule is CC1Cn2c(c(C(=O)NCc3ccccc3-c3ccncn3)n(-c3ccc(N4CC5(CN(C)C5)C4)cc3)c2=O)CN1.CC1Cn2c(c(C(=O)NCc3ccccc3-c3ccncn3)n(-c3ccc(N4CC5(CN(C)C5)C4)cc3)c2=O)CN1C(=O)OC(C)(C)C. The molecule has 4 saturated heterocycles. The van der Waals surface area contributed by atoms with Gasteiger partial charge in [-0.1, -0.05) is 48.5 Å². The molecular weight excluding hydrogens is 1120 g/mol. The molecule has 0 bridgehead atoms. The van der Waals surface area contributed by atoms with Crippen LogP contribution in [-0.2, 0) is 44.0 Å². The van der Waals surface area contributed by atoms with Crippen molar-refractivity contribution in [2.75, 3.05) is 76.3 Å². The van der Waals surface area contributed by atoms with Gasteiger partial charge in [-0.2, -0.15) is 0 Å². The Morgan fingerprint density at radius 3 is 1.46 bits per heavy atom. The highest BCUT2D eigenvalue weighted by Gasteiger charge is 2.51. The fourth-order valence-corrected chi connectivity index (χ4v) is 14.1. The van der Waals surface area contributed by atoms with Gasteiger partial charge in [-0.15, -0.1) is 0 Å². The molecule has 22 heteroatoms. The second kappa shape index (κ2) is 23.4. The Morgan fingerprint density at radius 1 is 0.584 bits per heavy atom. The van der Waals surface area contributed by atoms with Gasteiger partial charge in [0, 0.05) is 137 Å². The lowest BCUT2D eigenvalue weighted by molar-refractivity contribution is -0.00245. The Hall–Kier alpha value is -9.25. The van der Waals surface area contributed by atoms with E-state index in [1.165, 1.54) is 17.2 Å². The Morgan fingerprint density at radius 2 is 1.02 bits per heavy atom. The van der Waals surface area contributed by atoms with Crippen molar-refractivity contribution in [3.63, 3.8) is 0 Å². The largest absolute Gasteiger partial charge is 0.444 e. The van der Waals surface area contributed by atoms with Crippen molar-refractivity contribution < 1.29 is 19.1 Å². The fourth-order valence-electron chi connectivity index (χ4n) is 14.1. The summed E-state index contributed by atoms with van der Waals surface area (Å²) in [6, 6.07) is 34.9.